The minimum Gasteiger partial charge on any atom is -0.309 e. The fourth-order valence-corrected chi connectivity index (χ4v) is 8.36. The quantitative estimate of drug-likeness (QED) is 0.174. The number of pyridine rings is 1. The summed E-state index contributed by atoms with van der Waals surface area (Å²) in [5.41, 5.74) is 13.5. The molecular formula is C48H34N2. The molecule has 0 N–H and O–H groups in total. The Morgan fingerprint density at radius 2 is 0.960 bits per heavy atom. The third kappa shape index (κ3) is 4.38. The molecule has 50 heavy (non-hydrogen) atoms. The summed E-state index contributed by atoms with van der Waals surface area (Å²) in [6.07, 6.45) is 3.76. The molecule has 2 nitrogen and oxygen atoms in total. The second-order valence-corrected chi connectivity index (χ2v) is 14.1. The lowest BCUT2D eigenvalue weighted by atomic mass is 9.81. The summed E-state index contributed by atoms with van der Waals surface area (Å²) in [6.45, 7) is 4.73. The lowest BCUT2D eigenvalue weighted by Gasteiger charge is -2.27. The zero-order valence-electron chi connectivity index (χ0n) is 28.1. The fraction of sp³-hybridized carbons (Fsp3) is 0.0625. The maximum atomic E-state index is 4.45. The second-order valence-electron chi connectivity index (χ2n) is 14.1. The van der Waals surface area contributed by atoms with E-state index in [1.165, 1.54) is 76.8 Å². The second kappa shape index (κ2) is 10.9. The zero-order valence-corrected chi connectivity index (χ0v) is 28.1. The monoisotopic (exact) mass is 638 g/mol. The van der Waals surface area contributed by atoms with E-state index in [4.69, 9.17) is 0 Å². The van der Waals surface area contributed by atoms with E-state index in [1.807, 2.05) is 18.5 Å². The van der Waals surface area contributed by atoms with Crippen LogP contribution in [-0.2, 0) is 5.41 Å². The molecule has 0 fully saturated rings. The van der Waals surface area contributed by atoms with Gasteiger partial charge in [-0.25, -0.2) is 0 Å². The predicted octanol–water partition coefficient (Wildman–Crippen LogP) is 13.1. The Morgan fingerprint density at radius 3 is 1.56 bits per heavy atom. The van der Waals surface area contributed by atoms with Crippen molar-refractivity contribution >= 4 is 49.4 Å². The summed E-state index contributed by atoms with van der Waals surface area (Å²) in [5, 5.41) is 7.85. The van der Waals surface area contributed by atoms with E-state index in [-0.39, 0.29) is 5.41 Å². The van der Waals surface area contributed by atoms with Crippen molar-refractivity contribution in [2.75, 3.05) is 4.90 Å². The number of aromatic nitrogens is 1. The first kappa shape index (κ1) is 28.7. The Bertz CT molecular complexity index is 2610. The Labute approximate surface area is 292 Å². The van der Waals surface area contributed by atoms with Gasteiger partial charge in [0.25, 0.3) is 0 Å². The molecule has 1 aliphatic rings. The van der Waals surface area contributed by atoms with Crippen molar-refractivity contribution in [3.63, 3.8) is 0 Å². The van der Waals surface area contributed by atoms with Crippen LogP contribution in [0.5, 0.6) is 0 Å². The van der Waals surface area contributed by atoms with Gasteiger partial charge in [0.05, 0.1) is 11.9 Å². The first-order valence-electron chi connectivity index (χ1n) is 17.4. The Kier molecular flexibility index (Phi) is 6.25. The Morgan fingerprint density at radius 1 is 0.420 bits per heavy atom. The maximum Gasteiger partial charge on any atom is 0.0644 e. The summed E-state index contributed by atoms with van der Waals surface area (Å²) in [7, 11) is 0. The van der Waals surface area contributed by atoms with E-state index < -0.39 is 0 Å². The summed E-state index contributed by atoms with van der Waals surface area (Å²) in [5.74, 6) is 0. The van der Waals surface area contributed by atoms with Gasteiger partial charge in [-0.1, -0.05) is 105 Å². The van der Waals surface area contributed by atoms with Crippen molar-refractivity contribution in [2.45, 2.75) is 19.3 Å². The summed E-state index contributed by atoms with van der Waals surface area (Å²) in [6, 6.07) is 58.0. The number of fused-ring (bicyclic) bond motifs is 3. The molecule has 1 aliphatic carbocycles. The van der Waals surface area contributed by atoms with E-state index in [0.717, 1.165) is 17.1 Å². The summed E-state index contributed by atoms with van der Waals surface area (Å²) < 4.78 is 0. The van der Waals surface area contributed by atoms with Crippen LogP contribution in [0.15, 0.2) is 170 Å². The predicted molar refractivity (Wildman–Crippen MR) is 211 cm³/mol. The normalized spacial score (nSPS) is 13.2. The van der Waals surface area contributed by atoms with Crippen LogP contribution in [-0.4, -0.2) is 4.98 Å². The first-order chi connectivity index (χ1) is 24.5. The highest BCUT2D eigenvalue weighted by Gasteiger charge is 2.36. The van der Waals surface area contributed by atoms with Crippen LogP contribution in [0.3, 0.4) is 0 Å². The minimum atomic E-state index is -0.166. The van der Waals surface area contributed by atoms with Gasteiger partial charge in [-0.05, 0) is 144 Å². The topological polar surface area (TPSA) is 16.1 Å². The van der Waals surface area contributed by atoms with Gasteiger partial charge in [0.1, 0.15) is 0 Å². The van der Waals surface area contributed by atoms with Crippen molar-refractivity contribution in [3.05, 3.63) is 181 Å². The standard InChI is InChI=1S/C48H34N2/c1-48(2)44-28-32(19-21-42(44)43-22-20-40(29-45(43)48)50(39-12-7-4-8-13-39)41-14-9-23-49-30-41)38-26-35-17-15-33-24-37(31-10-5-3-6-11-31)25-34-16-18-36(27-38)47(35)46(33)34/h3-30H,1-2H3. The average molecular weight is 639 g/mol. The molecule has 0 aliphatic heterocycles. The van der Waals surface area contributed by atoms with Crippen LogP contribution >= 0.6 is 0 Å². The van der Waals surface area contributed by atoms with Gasteiger partial charge >= 0.3 is 0 Å². The molecule has 10 rings (SSSR count). The fourth-order valence-electron chi connectivity index (χ4n) is 8.36. The average Bonchev–Trinajstić information content (AvgIpc) is 3.39. The van der Waals surface area contributed by atoms with Gasteiger partial charge in [-0.15, -0.1) is 0 Å². The van der Waals surface area contributed by atoms with Crippen LogP contribution in [0, 0.1) is 0 Å². The molecule has 1 aromatic heterocycles. The van der Waals surface area contributed by atoms with Gasteiger partial charge < -0.3 is 4.90 Å². The number of benzene rings is 8. The highest BCUT2D eigenvalue weighted by atomic mass is 15.1. The maximum absolute atomic E-state index is 4.45. The number of hydrogen-bond acceptors (Lipinski definition) is 2. The van der Waals surface area contributed by atoms with E-state index in [9.17, 15) is 0 Å². The van der Waals surface area contributed by atoms with Gasteiger partial charge in [0, 0.05) is 23.0 Å². The molecule has 0 bridgehead atoms. The number of nitrogens with zero attached hydrogens (tertiary/aromatic N) is 2. The molecule has 1 heterocycles. The number of anilines is 3. The van der Waals surface area contributed by atoms with E-state index in [2.05, 4.69) is 175 Å². The number of para-hydroxylation sites is 1. The molecule has 0 unspecified atom stereocenters. The smallest absolute Gasteiger partial charge is 0.0644 e. The largest absolute Gasteiger partial charge is 0.309 e. The number of rotatable bonds is 5. The van der Waals surface area contributed by atoms with Crippen molar-refractivity contribution in [3.8, 4) is 33.4 Å². The molecule has 0 amide bonds. The van der Waals surface area contributed by atoms with Crippen LogP contribution in [0.1, 0.15) is 25.0 Å². The summed E-state index contributed by atoms with van der Waals surface area (Å²) >= 11 is 0. The molecular weight excluding hydrogens is 605 g/mol. The highest BCUT2D eigenvalue weighted by Crippen LogP contribution is 2.52. The Hall–Kier alpha value is -6.25. The van der Waals surface area contributed by atoms with Gasteiger partial charge in [-0.2, -0.15) is 0 Å². The van der Waals surface area contributed by atoms with Crippen LogP contribution in [0.25, 0.3) is 65.7 Å². The van der Waals surface area contributed by atoms with Crippen molar-refractivity contribution in [2.24, 2.45) is 0 Å². The molecule has 236 valence electrons. The molecule has 0 saturated carbocycles. The van der Waals surface area contributed by atoms with E-state index in [0.29, 0.717) is 0 Å². The Balaban J connectivity index is 1.06. The van der Waals surface area contributed by atoms with E-state index >= 15 is 0 Å². The minimum absolute atomic E-state index is 0.166. The molecule has 9 aromatic rings. The van der Waals surface area contributed by atoms with Crippen molar-refractivity contribution < 1.29 is 0 Å². The lowest BCUT2D eigenvalue weighted by Crippen LogP contribution is -2.16. The zero-order chi connectivity index (χ0) is 33.4. The third-order valence-corrected chi connectivity index (χ3v) is 10.8. The van der Waals surface area contributed by atoms with Crippen LogP contribution < -0.4 is 4.90 Å². The van der Waals surface area contributed by atoms with Gasteiger partial charge in [0.15, 0.2) is 0 Å². The SMILES string of the molecule is CC1(C)c2cc(-c3cc4ccc5cc(-c6ccccc6)cc6ccc(c3)c4c56)ccc2-c2ccc(N(c3ccccc3)c3cccnc3)cc21. The number of hydrogen-bond donors (Lipinski definition) is 0. The summed E-state index contributed by atoms with van der Waals surface area (Å²) in [4.78, 5) is 6.74. The molecule has 0 radical (unpaired) electrons. The van der Waals surface area contributed by atoms with E-state index in [1.54, 1.807) is 0 Å². The molecule has 0 atom stereocenters. The third-order valence-electron chi connectivity index (χ3n) is 10.8. The van der Waals surface area contributed by atoms with Crippen LogP contribution in [0.2, 0.25) is 0 Å². The molecule has 0 spiro atoms. The molecule has 0 saturated heterocycles. The van der Waals surface area contributed by atoms with Gasteiger partial charge in [0.2, 0.25) is 0 Å². The van der Waals surface area contributed by atoms with Gasteiger partial charge in [-0.3, -0.25) is 4.98 Å². The highest BCUT2D eigenvalue weighted by molar-refractivity contribution is 6.24. The van der Waals surface area contributed by atoms with Crippen LogP contribution in [0.4, 0.5) is 17.1 Å². The lowest BCUT2D eigenvalue weighted by molar-refractivity contribution is 0.660. The first-order valence-corrected chi connectivity index (χ1v) is 17.4. The molecule has 2 heteroatoms. The van der Waals surface area contributed by atoms with Crippen molar-refractivity contribution in [1.82, 2.24) is 4.98 Å². The molecule has 8 aromatic carbocycles. The van der Waals surface area contributed by atoms with Crippen molar-refractivity contribution in [1.29, 1.82) is 0 Å².